The fraction of sp³-hybridized carbons (Fsp3) is 1.00. The number of aliphatic hydroxyl groups is 4. The molecule has 4 N–H and O–H groups in total. The lowest BCUT2D eigenvalue weighted by Crippen LogP contribution is -2.20. The first-order chi connectivity index (χ1) is 5.28. The van der Waals surface area contributed by atoms with E-state index in [2.05, 4.69) is 0 Å². The minimum atomic E-state index is -0.223. The monoisotopic (exact) mass is 164 g/mol. The molecule has 0 saturated heterocycles. The van der Waals surface area contributed by atoms with Crippen LogP contribution in [0.2, 0.25) is 0 Å². The molecule has 68 valence electrons. The smallest absolute Gasteiger partial charge is 0.0481 e. The van der Waals surface area contributed by atoms with E-state index in [4.69, 9.17) is 20.4 Å². The van der Waals surface area contributed by atoms with E-state index in [0.29, 0.717) is 6.42 Å². The summed E-state index contributed by atoms with van der Waals surface area (Å²) in [7, 11) is 0. The van der Waals surface area contributed by atoms with Gasteiger partial charge in [0.05, 0.1) is 0 Å². The van der Waals surface area contributed by atoms with E-state index in [0.717, 1.165) is 0 Å². The SMILES string of the molecule is OCC(CO)CC(CO)CO. The summed E-state index contributed by atoms with van der Waals surface area (Å²) >= 11 is 0. The van der Waals surface area contributed by atoms with E-state index in [9.17, 15) is 0 Å². The molecule has 4 nitrogen and oxygen atoms in total. The van der Waals surface area contributed by atoms with Crippen LogP contribution in [-0.2, 0) is 0 Å². The van der Waals surface area contributed by atoms with Crippen LogP contribution in [0.4, 0.5) is 0 Å². The molecule has 0 aromatic rings. The molecule has 0 rings (SSSR count). The van der Waals surface area contributed by atoms with Crippen molar-refractivity contribution in [2.75, 3.05) is 26.4 Å². The van der Waals surface area contributed by atoms with Crippen molar-refractivity contribution in [1.29, 1.82) is 0 Å². The fourth-order valence-electron chi connectivity index (χ4n) is 0.885. The highest BCUT2D eigenvalue weighted by Crippen LogP contribution is 2.10. The second kappa shape index (κ2) is 6.54. The summed E-state index contributed by atoms with van der Waals surface area (Å²) in [6.45, 7) is -0.417. The van der Waals surface area contributed by atoms with Gasteiger partial charge >= 0.3 is 0 Å². The lowest BCUT2D eigenvalue weighted by Gasteiger charge is -2.16. The van der Waals surface area contributed by atoms with Crippen molar-refractivity contribution in [2.45, 2.75) is 6.42 Å². The molecule has 0 atom stereocenters. The number of rotatable bonds is 6. The highest BCUT2D eigenvalue weighted by molar-refractivity contribution is 4.63. The quantitative estimate of drug-likeness (QED) is 0.388. The van der Waals surface area contributed by atoms with Gasteiger partial charge in [-0.2, -0.15) is 0 Å². The summed E-state index contributed by atoms with van der Waals surface area (Å²) in [4.78, 5) is 0. The van der Waals surface area contributed by atoms with Gasteiger partial charge in [-0.1, -0.05) is 0 Å². The first-order valence-corrected chi connectivity index (χ1v) is 3.71. The summed E-state index contributed by atoms with van der Waals surface area (Å²) in [6, 6.07) is 0. The van der Waals surface area contributed by atoms with E-state index >= 15 is 0 Å². The molecule has 11 heavy (non-hydrogen) atoms. The third kappa shape index (κ3) is 4.31. The summed E-state index contributed by atoms with van der Waals surface area (Å²) in [6.07, 6.45) is 0.458. The van der Waals surface area contributed by atoms with Gasteiger partial charge in [0.15, 0.2) is 0 Å². The Kier molecular flexibility index (Phi) is 6.45. The van der Waals surface area contributed by atoms with Gasteiger partial charge in [-0.15, -0.1) is 0 Å². The highest BCUT2D eigenvalue weighted by Gasteiger charge is 2.13. The molecule has 0 unspecified atom stereocenters. The number of hydrogen-bond acceptors (Lipinski definition) is 4. The summed E-state index contributed by atoms with van der Waals surface area (Å²) in [5.74, 6) is -0.446. The van der Waals surface area contributed by atoms with Crippen LogP contribution < -0.4 is 0 Å². The topological polar surface area (TPSA) is 80.9 Å². The Bertz CT molecular complexity index is 68.5. The van der Waals surface area contributed by atoms with Gasteiger partial charge in [0.25, 0.3) is 0 Å². The van der Waals surface area contributed by atoms with Gasteiger partial charge in [0.1, 0.15) is 0 Å². The lowest BCUT2D eigenvalue weighted by atomic mass is 9.97. The molecule has 0 fully saturated rings. The van der Waals surface area contributed by atoms with Crippen LogP contribution in [0.3, 0.4) is 0 Å². The molecule has 0 bridgehead atoms. The van der Waals surface area contributed by atoms with Gasteiger partial charge in [0.2, 0.25) is 0 Å². The Morgan fingerprint density at radius 3 is 1.09 bits per heavy atom. The van der Waals surface area contributed by atoms with Crippen molar-refractivity contribution in [2.24, 2.45) is 11.8 Å². The molecule has 0 spiro atoms. The Balaban J connectivity index is 3.58. The van der Waals surface area contributed by atoms with Crippen LogP contribution in [0.1, 0.15) is 6.42 Å². The molecule has 4 heteroatoms. The average Bonchev–Trinajstić information content (AvgIpc) is 2.07. The van der Waals surface area contributed by atoms with E-state index in [1.807, 2.05) is 0 Å². The third-order valence-corrected chi connectivity index (χ3v) is 1.70. The van der Waals surface area contributed by atoms with Gasteiger partial charge in [-0.3, -0.25) is 0 Å². The first-order valence-electron chi connectivity index (χ1n) is 3.71. The molecular weight excluding hydrogens is 148 g/mol. The van der Waals surface area contributed by atoms with Crippen LogP contribution in [0.25, 0.3) is 0 Å². The molecule has 0 saturated carbocycles. The predicted octanol–water partition coefficient (Wildman–Crippen LogP) is -1.42. The Hall–Kier alpha value is -0.160. The third-order valence-electron chi connectivity index (χ3n) is 1.70. The van der Waals surface area contributed by atoms with E-state index in [-0.39, 0.29) is 38.3 Å². The van der Waals surface area contributed by atoms with E-state index in [1.165, 1.54) is 0 Å². The molecule has 0 aliphatic carbocycles. The van der Waals surface area contributed by atoms with E-state index in [1.54, 1.807) is 0 Å². The number of aliphatic hydroxyl groups excluding tert-OH is 4. The van der Waals surface area contributed by atoms with Gasteiger partial charge in [-0.25, -0.2) is 0 Å². The molecule has 0 aliphatic heterocycles. The van der Waals surface area contributed by atoms with Crippen LogP contribution in [0.15, 0.2) is 0 Å². The number of hydrogen-bond donors (Lipinski definition) is 4. The molecular formula is C7H16O4. The molecule has 0 aromatic carbocycles. The minimum absolute atomic E-state index is 0.104. The van der Waals surface area contributed by atoms with Crippen LogP contribution in [-0.4, -0.2) is 46.9 Å². The second-order valence-electron chi connectivity index (χ2n) is 2.70. The zero-order valence-electron chi connectivity index (χ0n) is 6.48. The zero-order chi connectivity index (χ0) is 8.69. The van der Waals surface area contributed by atoms with E-state index < -0.39 is 0 Å². The molecule has 0 aliphatic rings. The summed E-state index contributed by atoms with van der Waals surface area (Å²) in [5, 5.41) is 34.6. The lowest BCUT2D eigenvalue weighted by molar-refractivity contribution is 0.0861. The molecule has 0 heterocycles. The predicted molar refractivity (Wildman–Crippen MR) is 39.9 cm³/mol. The van der Waals surface area contributed by atoms with Crippen LogP contribution in [0.5, 0.6) is 0 Å². The summed E-state index contributed by atoms with van der Waals surface area (Å²) < 4.78 is 0. The van der Waals surface area contributed by atoms with Crippen LogP contribution >= 0.6 is 0 Å². The maximum atomic E-state index is 8.64. The Morgan fingerprint density at radius 2 is 0.909 bits per heavy atom. The molecule has 0 radical (unpaired) electrons. The highest BCUT2D eigenvalue weighted by atomic mass is 16.3. The van der Waals surface area contributed by atoms with Crippen molar-refractivity contribution in [3.63, 3.8) is 0 Å². The van der Waals surface area contributed by atoms with Gasteiger partial charge in [0, 0.05) is 38.3 Å². The Morgan fingerprint density at radius 1 is 0.636 bits per heavy atom. The molecule has 0 aromatic heterocycles. The maximum absolute atomic E-state index is 8.64. The van der Waals surface area contributed by atoms with Crippen LogP contribution in [0, 0.1) is 11.8 Å². The first kappa shape index (κ1) is 10.8. The second-order valence-corrected chi connectivity index (χ2v) is 2.70. The van der Waals surface area contributed by atoms with Crippen molar-refractivity contribution in [1.82, 2.24) is 0 Å². The van der Waals surface area contributed by atoms with Crippen molar-refractivity contribution in [3.8, 4) is 0 Å². The van der Waals surface area contributed by atoms with Crippen molar-refractivity contribution < 1.29 is 20.4 Å². The Labute approximate surface area is 66.1 Å². The largest absolute Gasteiger partial charge is 0.396 e. The normalized spacial score (nSPS) is 11.5. The average molecular weight is 164 g/mol. The molecule has 0 amide bonds. The van der Waals surface area contributed by atoms with Gasteiger partial charge in [-0.05, 0) is 6.42 Å². The minimum Gasteiger partial charge on any atom is -0.396 e. The standard InChI is InChI=1S/C7H16O4/c8-2-6(3-9)1-7(4-10)5-11/h6-11H,1-5H2. The zero-order valence-corrected chi connectivity index (χ0v) is 6.48. The van der Waals surface area contributed by atoms with Crippen molar-refractivity contribution in [3.05, 3.63) is 0 Å². The van der Waals surface area contributed by atoms with Crippen molar-refractivity contribution >= 4 is 0 Å². The maximum Gasteiger partial charge on any atom is 0.0481 e. The fourth-order valence-corrected chi connectivity index (χ4v) is 0.885. The summed E-state index contributed by atoms with van der Waals surface area (Å²) in [5.41, 5.74) is 0. The van der Waals surface area contributed by atoms with Gasteiger partial charge < -0.3 is 20.4 Å².